The number of nitrogens with one attached hydrogen (secondary N) is 1. The number of hydrogen-bond acceptors (Lipinski definition) is 1. The van der Waals surface area contributed by atoms with Gasteiger partial charge in [0.15, 0.2) is 0 Å². The first-order valence-corrected chi connectivity index (χ1v) is 6.73. The normalized spacial score (nSPS) is 10.8. The summed E-state index contributed by atoms with van der Waals surface area (Å²) in [4.78, 5) is 0. The highest BCUT2D eigenvalue weighted by Crippen LogP contribution is 2.24. The topological polar surface area (TPSA) is 12.0 Å². The van der Waals surface area contributed by atoms with Crippen molar-refractivity contribution in [3.63, 3.8) is 0 Å². The molecule has 0 amide bonds. The van der Waals surface area contributed by atoms with Gasteiger partial charge in [-0.05, 0) is 36.2 Å². The second-order valence-corrected chi connectivity index (χ2v) is 5.17. The molecule has 0 aliphatic rings. The van der Waals surface area contributed by atoms with Crippen molar-refractivity contribution in [1.82, 2.24) is 0 Å². The van der Waals surface area contributed by atoms with Crippen LogP contribution in [0, 0.1) is 6.92 Å². The lowest BCUT2D eigenvalue weighted by molar-refractivity contribution is 0.151. The van der Waals surface area contributed by atoms with Crippen LogP contribution in [0.2, 0.25) is 0 Å². The molecule has 0 aliphatic carbocycles. The molecule has 0 radical (unpaired) electrons. The van der Waals surface area contributed by atoms with E-state index in [9.17, 15) is 8.78 Å². The van der Waals surface area contributed by atoms with Gasteiger partial charge < -0.3 is 5.32 Å². The maximum Gasteiger partial charge on any atom is 0.263 e. The number of hydrogen-bond donors (Lipinski definition) is 1. The molecular weight excluding hydrogens is 312 g/mol. The second kappa shape index (κ2) is 6.15. The molecule has 2 aromatic rings. The number of benzene rings is 2. The number of alkyl halides is 2. The van der Waals surface area contributed by atoms with Crippen molar-refractivity contribution in [2.75, 3.05) is 5.32 Å². The van der Waals surface area contributed by atoms with E-state index in [0.29, 0.717) is 6.54 Å². The van der Waals surface area contributed by atoms with E-state index in [4.69, 9.17) is 0 Å². The Morgan fingerprint density at radius 1 is 1.16 bits per heavy atom. The lowest BCUT2D eigenvalue weighted by Gasteiger charge is -2.11. The highest BCUT2D eigenvalue weighted by atomic mass is 79.9. The van der Waals surface area contributed by atoms with Crippen LogP contribution in [-0.2, 0) is 6.54 Å². The van der Waals surface area contributed by atoms with E-state index in [1.165, 1.54) is 12.1 Å². The minimum atomic E-state index is -2.42. The van der Waals surface area contributed by atoms with E-state index in [1.807, 2.05) is 31.2 Å². The summed E-state index contributed by atoms with van der Waals surface area (Å²) >= 11 is 3.46. The number of halogens is 3. The average Bonchev–Trinajstić information content (AvgIpc) is 2.41. The number of anilines is 1. The smallest absolute Gasteiger partial charge is 0.263 e. The lowest BCUT2D eigenvalue weighted by Crippen LogP contribution is -2.01. The third-order valence-corrected chi connectivity index (χ3v) is 3.81. The van der Waals surface area contributed by atoms with Crippen LogP contribution in [-0.4, -0.2) is 0 Å². The monoisotopic (exact) mass is 325 g/mol. The van der Waals surface area contributed by atoms with E-state index in [2.05, 4.69) is 21.2 Å². The first-order valence-electron chi connectivity index (χ1n) is 5.94. The number of rotatable bonds is 4. The van der Waals surface area contributed by atoms with Crippen molar-refractivity contribution in [3.8, 4) is 0 Å². The molecule has 0 spiro atoms. The highest BCUT2D eigenvalue weighted by Gasteiger charge is 2.07. The van der Waals surface area contributed by atoms with Crippen LogP contribution in [0.25, 0.3) is 0 Å². The first kappa shape index (κ1) is 14.0. The largest absolute Gasteiger partial charge is 0.381 e. The molecule has 0 aliphatic heterocycles. The molecule has 0 atom stereocenters. The second-order valence-electron chi connectivity index (χ2n) is 4.31. The maximum absolute atomic E-state index is 12.6. The molecule has 0 fully saturated rings. The van der Waals surface area contributed by atoms with Crippen LogP contribution in [0.4, 0.5) is 14.5 Å². The fourth-order valence-corrected chi connectivity index (χ4v) is 2.20. The Balaban J connectivity index is 2.10. The van der Waals surface area contributed by atoms with Crippen molar-refractivity contribution in [2.24, 2.45) is 0 Å². The van der Waals surface area contributed by atoms with Crippen molar-refractivity contribution >= 4 is 21.6 Å². The molecule has 2 aromatic carbocycles. The predicted octanol–water partition coefficient (Wildman–Crippen LogP) is 5.31. The van der Waals surface area contributed by atoms with Crippen LogP contribution in [0.1, 0.15) is 23.1 Å². The Morgan fingerprint density at radius 3 is 2.63 bits per heavy atom. The molecule has 19 heavy (non-hydrogen) atoms. The fourth-order valence-electron chi connectivity index (χ4n) is 1.84. The summed E-state index contributed by atoms with van der Waals surface area (Å²) in [5.74, 6) is 0. The first-order chi connectivity index (χ1) is 9.08. The Morgan fingerprint density at radius 2 is 1.89 bits per heavy atom. The molecule has 0 saturated carbocycles. The fraction of sp³-hybridized carbons (Fsp3) is 0.200. The van der Waals surface area contributed by atoms with Crippen LogP contribution >= 0.6 is 15.9 Å². The summed E-state index contributed by atoms with van der Waals surface area (Å²) in [7, 11) is 0. The Bertz CT molecular complexity index is 570. The van der Waals surface area contributed by atoms with E-state index in [-0.39, 0.29) is 5.56 Å². The van der Waals surface area contributed by atoms with E-state index >= 15 is 0 Å². The van der Waals surface area contributed by atoms with Crippen molar-refractivity contribution in [3.05, 3.63) is 63.6 Å². The summed E-state index contributed by atoms with van der Waals surface area (Å²) in [6.07, 6.45) is -2.42. The lowest BCUT2D eigenvalue weighted by atomic mass is 10.1. The van der Waals surface area contributed by atoms with Gasteiger partial charge in [-0.3, -0.25) is 0 Å². The SMILES string of the molecule is Cc1c(Br)cccc1NCc1cccc(C(F)F)c1. The van der Waals surface area contributed by atoms with Gasteiger partial charge in [0, 0.05) is 22.3 Å². The molecule has 1 nitrogen and oxygen atoms in total. The summed E-state index contributed by atoms with van der Waals surface area (Å²) in [6.45, 7) is 2.53. The third kappa shape index (κ3) is 3.53. The molecule has 0 aromatic heterocycles. The molecular formula is C15H14BrF2N. The molecule has 0 bridgehead atoms. The summed E-state index contributed by atoms with van der Waals surface area (Å²) < 4.78 is 26.2. The van der Waals surface area contributed by atoms with Gasteiger partial charge in [0.1, 0.15) is 0 Å². The third-order valence-electron chi connectivity index (χ3n) is 2.95. The highest BCUT2D eigenvalue weighted by molar-refractivity contribution is 9.10. The van der Waals surface area contributed by atoms with Gasteiger partial charge in [-0.25, -0.2) is 8.78 Å². The molecule has 0 saturated heterocycles. The quantitative estimate of drug-likeness (QED) is 0.803. The van der Waals surface area contributed by atoms with Crippen LogP contribution in [0.5, 0.6) is 0 Å². The van der Waals surface area contributed by atoms with Crippen molar-refractivity contribution in [1.29, 1.82) is 0 Å². The molecule has 0 heterocycles. The molecule has 4 heteroatoms. The summed E-state index contributed by atoms with van der Waals surface area (Å²) in [6, 6.07) is 12.4. The average molecular weight is 326 g/mol. The standard InChI is InChI=1S/C15H14BrF2N/c1-10-13(16)6-3-7-14(10)19-9-11-4-2-5-12(8-11)15(17)18/h2-8,15,19H,9H2,1H3. The van der Waals surface area contributed by atoms with Crippen molar-refractivity contribution in [2.45, 2.75) is 19.9 Å². The van der Waals surface area contributed by atoms with Crippen LogP contribution in [0.3, 0.4) is 0 Å². The summed E-state index contributed by atoms with van der Waals surface area (Å²) in [5.41, 5.74) is 3.01. The minimum absolute atomic E-state index is 0.0604. The van der Waals surface area contributed by atoms with Gasteiger partial charge in [0.25, 0.3) is 6.43 Å². The van der Waals surface area contributed by atoms with Gasteiger partial charge in [-0.2, -0.15) is 0 Å². The van der Waals surface area contributed by atoms with Crippen LogP contribution in [0.15, 0.2) is 46.9 Å². The van der Waals surface area contributed by atoms with Gasteiger partial charge in [0.05, 0.1) is 0 Å². The van der Waals surface area contributed by atoms with Gasteiger partial charge in [-0.1, -0.05) is 40.2 Å². The Labute approximate surface area is 119 Å². The van der Waals surface area contributed by atoms with Gasteiger partial charge >= 0.3 is 0 Å². The zero-order chi connectivity index (χ0) is 13.8. The Kier molecular flexibility index (Phi) is 4.53. The minimum Gasteiger partial charge on any atom is -0.381 e. The van der Waals surface area contributed by atoms with Gasteiger partial charge in [0.2, 0.25) is 0 Å². The maximum atomic E-state index is 12.6. The van der Waals surface area contributed by atoms with E-state index in [0.717, 1.165) is 21.3 Å². The van der Waals surface area contributed by atoms with E-state index < -0.39 is 6.43 Å². The molecule has 1 N–H and O–H groups in total. The van der Waals surface area contributed by atoms with Crippen molar-refractivity contribution < 1.29 is 8.78 Å². The molecule has 0 unspecified atom stereocenters. The van der Waals surface area contributed by atoms with Gasteiger partial charge in [-0.15, -0.1) is 0 Å². The molecule has 100 valence electrons. The zero-order valence-electron chi connectivity index (χ0n) is 10.5. The molecule has 2 rings (SSSR count). The zero-order valence-corrected chi connectivity index (χ0v) is 12.0. The predicted molar refractivity (Wildman–Crippen MR) is 77.6 cm³/mol. The van der Waals surface area contributed by atoms with Crippen LogP contribution < -0.4 is 5.32 Å². The summed E-state index contributed by atoms with van der Waals surface area (Å²) in [5, 5.41) is 3.26. The van der Waals surface area contributed by atoms with E-state index in [1.54, 1.807) is 6.07 Å². The Hall–Kier alpha value is -1.42.